The van der Waals surface area contributed by atoms with Gasteiger partial charge in [0.1, 0.15) is 11.3 Å². The van der Waals surface area contributed by atoms with Crippen LogP contribution in [0.1, 0.15) is 23.7 Å². The van der Waals surface area contributed by atoms with E-state index < -0.39 is 24.5 Å². The van der Waals surface area contributed by atoms with Gasteiger partial charge in [0.05, 0.1) is 5.69 Å². The number of imide groups is 1. The molecule has 0 saturated heterocycles. The zero-order valence-corrected chi connectivity index (χ0v) is 16.5. The predicted molar refractivity (Wildman–Crippen MR) is 111 cm³/mol. The number of aromatic nitrogens is 2. The van der Waals surface area contributed by atoms with Crippen LogP contribution in [-0.2, 0) is 9.53 Å². The maximum absolute atomic E-state index is 12.7. The first-order valence-corrected chi connectivity index (χ1v) is 9.53. The van der Waals surface area contributed by atoms with Crippen LogP contribution in [0.15, 0.2) is 66.9 Å². The number of nitrogens with one attached hydrogen (secondary N) is 2. The van der Waals surface area contributed by atoms with Crippen molar-refractivity contribution in [2.24, 2.45) is 0 Å². The summed E-state index contributed by atoms with van der Waals surface area (Å²) in [4.78, 5) is 36.1. The molecule has 2 N–H and O–H groups in total. The van der Waals surface area contributed by atoms with Crippen LogP contribution in [-0.4, -0.2) is 40.8 Å². The average molecular weight is 406 g/mol. The van der Waals surface area contributed by atoms with Crippen molar-refractivity contribution in [1.82, 2.24) is 20.4 Å². The second kappa shape index (κ2) is 10.0. The number of carbonyl (C=O) groups is 3. The van der Waals surface area contributed by atoms with Crippen LogP contribution in [0.2, 0.25) is 0 Å². The number of nitrogens with zero attached hydrogens (tertiary/aromatic N) is 2. The van der Waals surface area contributed by atoms with E-state index in [9.17, 15) is 14.4 Å². The largest absolute Gasteiger partial charge is 0.452 e. The number of rotatable bonds is 7. The summed E-state index contributed by atoms with van der Waals surface area (Å²) in [5.74, 6) is -1.42. The molecule has 8 heteroatoms. The van der Waals surface area contributed by atoms with Crippen molar-refractivity contribution in [3.05, 3.63) is 72.4 Å². The Hall–Kier alpha value is -3.94. The summed E-state index contributed by atoms with van der Waals surface area (Å²) in [6, 6.07) is 17.9. The number of para-hydroxylation sites is 1. The second-order valence-corrected chi connectivity index (χ2v) is 6.42. The van der Waals surface area contributed by atoms with Gasteiger partial charge in [-0.25, -0.2) is 14.3 Å². The number of hydrogen-bond acceptors (Lipinski definition) is 5. The molecule has 154 valence electrons. The molecule has 0 atom stereocenters. The third-order valence-corrected chi connectivity index (χ3v) is 4.12. The molecule has 0 aliphatic carbocycles. The number of benzene rings is 2. The van der Waals surface area contributed by atoms with E-state index in [0.29, 0.717) is 12.2 Å². The fourth-order valence-electron chi connectivity index (χ4n) is 2.70. The van der Waals surface area contributed by atoms with E-state index in [4.69, 9.17) is 4.74 Å². The van der Waals surface area contributed by atoms with Crippen molar-refractivity contribution >= 4 is 17.9 Å². The van der Waals surface area contributed by atoms with E-state index in [-0.39, 0.29) is 5.56 Å². The lowest BCUT2D eigenvalue weighted by Gasteiger charge is -2.07. The van der Waals surface area contributed by atoms with Crippen LogP contribution in [0, 0.1) is 0 Å². The molecule has 0 fully saturated rings. The summed E-state index contributed by atoms with van der Waals surface area (Å²) in [7, 11) is 0. The van der Waals surface area contributed by atoms with Gasteiger partial charge in [0, 0.05) is 18.3 Å². The third-order valence-electron chi connectivity index (χ3n) is 4.12. The molecule has 8 nitrogen and oxygen atoms in total. The number of ether oxygens (including phenoxy) is 1. The van der Waals surface area contributed by atoms with Crippen molar-refractivity contribution in [1.29, 1.82) is 0 Å². The molecular weight excluding hydrogens is 384 g/mol. The Morgan fingerprint density at radius 2 is 1.67 bits per heavy atom. The number of amides is 3. The first-order valence-electron chi connectivity index (χ1n) is 9.53. The SMILES string of the molecule is CCCNC(=O)NC(=O)COC(=O)c1cn(-c2ccccc2)nc1-c1ccccc1. The van der Waals surface area contributed by atoms with Crippen molar-refractivity contribution in [3.63, 3.8) is 0 Å². The van der Waals surface area contributed by atoms with Gasteiger partial charge in [-0.15, -0.1) is 0 Å². The summed E-state index contributed by atoms with van der Waals surface area (Å²) < 4.78 is 6.70. The lowest BCUT2D eigenvalue weighted by atomic mass is 10.1. The Balaban J connectivity index is 1.76. The molecular formula is C22H22N4O4. The number of urea groups is 1. The van der Waals surface area contributed by atoms with E-state index in [1.54, 1.807) is 10.9 Å². The molecule has 0 aliphatic heterocycles. The Bertz CT molecular complexity index is 1020. The summed E-state index contributed by atoms with van der Waals surface area (Å²) in [6.45, 7) is 1.75. The number of carbonyl (C=O) groups excluding carboxylic acids is 3. The molecule has 30 heavy (non-hydrogen) atoms. The van der Waals surface area contributed by atoms with E-state index in [2.05, 4.69) is 15.7 Å². The van der Waals surface area contributed by atoms with Crippen LogP contribution in [0.5, 0.6) is 0 Å². The summed E-state index contributed by atoms with van der Waals surface area (Å²) >= 11 is 0. The van der Waals surface area contributed by atoms with Gasteiger partial charge >= 0.3 is 12.0 Å². The molecule has 0 saturated carbocycles. The van der Waals surface area contributed by atoms with Gasteiger partial charge in [-0.1, -0.05) is 55.5 Å². The van der Waals surface area contributed by atoms with Gasteiger partial charge in [-0.3, -0.25) is 10.1 Å². The Morgan fingerprint density at radius 1 is 1.00 bits per heavy atom. The highest BCUT2D eigenvalue weighted by Gasteiger charge is 2.21. The van der Waals surface area contributed by atoms with Crippen molar-refractivity contribution in [3.8, 4) is 16.9 Å². The zero-order valence-electron chi connectivity index (χ0n) is 16.5. The number of esters is 1. The summed E-state index contributed by atoms with van der Waals surface area (Å²) in [5, 5.41) is 9.15. The number of hydrogen-bond donors (Lipinski definition) is 2. The van der Waals surface area contributed by atoms with Gasteiger partial charge in [-0.05, 0) is 18.6 Å². The van der Waals surface area contributed by atoms with Crippen molar-refractivity contribution < 1.29 is 19.1 Å². The highest BCUT2D eigenvalue weighted by Crippen LogP contribution is 2.24. The van der Waals surface area contributed by atoms with Crippen LogP contribution < -0.4 is 10.6 Å². The van der Waals surface area contributed by atoms with Crippen LogP contribution in [0.25, 0.3) is 16.9 Å². The van der Waals surface area contributed by atoms with E-state index >= 15 is 0 Å². The van der Waals surface area contributed by atoms with E-state index in [1.807, 2.05) is 67.6 Å². The minimum Gasteiger partial charge on any atom is -0.452 e. The summed E-state index contributed by atoms with van der Waals surface area (Å²) in [5.41, 5.74) is 2.17. The molecule has 0 bridgehead atoms. The van der Waals surface area contributed by atoms with Gasteiger partial charge in [-0.2, -0.15) is 5.10 Å². The van der Waals surface area contributed by atoms with Crippen LogP contribution >= 0.6 is 0 Å². The highest BCUT2D eigenvalue weighted by molar-refractivity contribution is 5.99. The standard InChI is InChI=1S/C22H22N4O4/c1-2-13-23-22(29)24-19(27)15-30-21(28)18-14-26(17-11-7-4-8-12-17)25-20(18)16-9-5-3-6-10-16/h3-12,14H,2,13,15H2,1H3,(H2,23,24,27,29). The molecule has 3 aromatic rings. The molecule has 0 unspecified atom stereocenters. The molecule has 0 radical (unpaired) electrons. The van der Waals surface area contributed by atoms with Gasteiger partial charge in [0.25, 0.3) is 5.91 Å². The van der Waals surface area contributed by atoms with E-state index in [1.165, 1.54) is 0 Å². The third kappa shape index (κ3) is 5.32. The lowest BCUT2D eigenvalue weighted by molar-refractivity contribution is -0.123. The first kappa shape index (κ1) is 20.8. The molecule has 3 amide bonds. The predicted octanol–water partition coefficient (Wildman–Crippen LogP) is 2.93. The fraction of sp³-hybridized carbons (Fsp3) is 0.182. The summed E-state index contributed by atoms with van der Waals surface area (Å²) in [6.07, 6.45) is 2.30. The molecule has 0 spiro atoms. The van der Waals surface area contributed by atoms with E-state index in [0.717, 1.165) is 17.7 Å². The van der Waals surface area contributed by atoms with Crippen molar-refractivity contribution in [2.75, 3.05) is 13.2 Å². The molecule has 2 aromatic carbocycles. The fourth-order valence-corrected chi connectivity index (χ4v) is 2.70. The van der Waals surface area contributed by atoms with Crippen LogP contribution in [0.3, 0.4) is 0 Å². The molecule has 3 rings (SSSR count). The molecule has 1 aromatic heterocycles. The van der Waals surface area contributed by atoms with Crippen molar-refractivity contribution in [2.45, 2.75) is 13.3 Å². The zero-order chi connectivity index (χ0) is 21.3. The highest BCUT2D eigenvalue weighted by atomic mass is 16.5. The van der Waals surface area contributed by atoms with Gasteiger partial charge in [0.2, 0.25) is 0 Å². The monoisotopic (exact) mass is 406 g/mol. The Labute approximate surface area is 173 Å². The Kier molecular flexibility index (Phi) is 6.94. The minimum absolute atomic E-state index is 0.216. The van der Waals surface area contributed by atoms with Crippen LogP contribution in [0.4, 0.5) is 4.79 Å². The Morgan fingerprint density at radius 3 is 2.33 bits per heavy atom. The normalized spacial score (nSPS) is 10.3. The smallest absolute Gasteiger partial charge is 0.342 e. The topological polar surface area (TPSA) is 102 Å². The maximum atomic E-state index is 12.7. The van der Waals surface area contributed by atoms with Gasteiger partial charge < -0.3 is 10.1 Å². The molecule has 1 heterocycles. The average Bonchev–Trinajstić information content (AvgIpc) is 3.23. The molecule has 0 aliphatic rings. The minimum atomic E-state index is -0.714. The quantitative estimate of drug-likeness (QED) is 0.588. The van der Waals surface area contributed by atoms with Gasteiger partial charge in [0.15, 0.2) is 6.61 Å². The maximum Gasteiger partial charge on any atom is 0.342 e. The lowest BCUT2D eigenvalue weighted by Crippen LogP contribution is -2.41. The second-order valence-electron chi connectivity index (χ2n) is 6.42. The first-order chi connectivity index (χ1) is 14.6.